The van der Waals surface area contributed by atoms with Crippen LogP contribution in [0.3, 0.4) is 0 Å². The number of ether oxygens (including phenoxy) is 2. The fourth-order valence-electron chi connectivity index (χ4n) is 2.24. The van der Waals surface area contributed by atoms with Crippen LogP contribution in [0.2, 0.25) is 0 Å². The van der Waals surface area contributed by atoms with Gasteiger partial charge in [0.05, 0.1) is 25.0 Å². The highest BCUT2D eigenvalue weighted by atomic mass is 32.2. The molecule has 1 aromatic carbocycles. The van der Waals surface area contributed by atoms with Crippen molar-refractivity contribution in [2.24, 2.45) is 5.92 Å². The van der Waals surface area contributed by atoms with Gasteiger partial charge in [0, 0.05) is 0 Å². The first kappa shape index (κ1) is 18.7. The summed E-state index contributed by atoms with van der Waals surface area (Å²) in [5.74, 6) is 2.28. The zero-order chi connectivity index (χ0) is 16.5. The smallest absolute Gasteiger partial charge is 0.230 e. The van der Waals surface area contributed by atoms with Gasteiger partial charge in [0.25, 0.3) is 0 Å². The van der Waals surface area contributed by atoms with Gasteiger partial charge < -0.3 is 14.8 Å². The number of hydrogen-bond donors (Lipinski definition) is 1. The Morgan fingerprint density at radius 1 is 1.18 bits per heavy atom. The maximum atomic E-state index is 11.9. The van der Waals surface area contributed by atoms with Gasteiger partial charge in [0.15, 0.2) is 11.5 Å². The lowest BCUT2D eigenvalue weighted by molar-refractivity contribution is -0.119. The molecule has 0 aliphatic heterocycles. The Labute approximate surface area is 138 Å². The lowest BCUT2D eigenvalue weighted by Gasteiger charge is -2.24. The lowest BCUT2D eigenvalue weighted by atomic mass is 9.95. The van der Waals surface area contributed by atoms with Gasteiger partial charge in [-0.3, -0.25) is 4.79 Å². The van der Waals surface area contributed by atoms with Gasteiger partial charge in [-0.2, -0.15) is 11.8 Å². The zero-order valence-corrected chi connectivity index (χ0v) is 15.0. The molecule has 1 atom stereocenters. The molecule has 0 aliphatic rings. The van der Waals surface area contributed by atoms with Crippen LogP contribution in [0.5, 0.6) is 11.5 Å². The number of hydrogen-bond acceptors (Lipinski definition) is 4. The van der Waals surface area contributed by atoms with E-state index in [2.05, 4.69) is 19.2 Å². The molecule has 1 rings (SSSR count). The summed E-state index contributed by atoms with van der Waals surface area (Å²) in [6.07, 6.45) is 1.92. The van der Waals surface area contributed by atoms with E-state index in [0.29, 0.717) is 24.9 Å². The number of carbonyl (C=O) groups is 1. The van der Waals surface area contributed by atoms with Crippen molar-refractivity contribution in [2.45, 2.75) is 33.7 Å². The van der Waals surface area contributed by atoms with Gasteiger partial charge in [-0.05, 0) is 43.7 Å². The van der Waals surface area contributed by atoms with Crippen LogP contribution < -0.4 is 14.8 Å². The summed E-state index contributed by atoms with van der Waals surface area (Å²) >= 11 is 1.52. The van der Waals surface area contributed by atoms with Crippen LogP contribution in [0.15, 0.2) is 18.2 Å². The fraction of sp³-hybridized carbons (Fsp3) is 0.588. The Bertz CT molecular complexity index is 477. The van der Waals surface area contributed by atoms with Crippen LogP contribution in [-0.2, 0) is 4.79 Å². The third-order valence-electron chi connectivity index (χ3n) is 3.19. The van der Waals surface area contributed by atoms with Crippen molar-refractivity contribution >= 4 is 17.7 Å². The van der Waals surface area contributed by atoms with Crippen molar-refractivity contribution in [1.82, 2.24) is 5.32 Å². The van der Waals surface area contributed by atoms with E-state index in [9.17, 15) is 4.79 Å². The lowest BCUT2D eigenvalue weighted by Crippen LogP contribution is -2.32. The van der Waals surface area contributed by atoms with E-state index in [1.165, 1.54) is 11.8 Å². The van der Waals surface area contributed by atoms with Crippen molar-refractivity contribution in [1.29, 1.82) is 0 Å². The molecule has 124 valence electrons. The first-order valence-electron chi connectivity index (χ1n) is 7.71. The largest absolute Gasteiger partial charge is 0.490 e. The summed E-state index contributed by atoms with van der Waals surface area (Å²) < 4.78 is 11.3. The van der Waals surface area contributed by atoms with E-state index in [4.69, 9.17) is 9.47 Å². The van der Waals surface area contributed by atoms with Crippen LogP contribution in [0.1, 0.15) is 39.3 Å². The topological polar surface area (TPSA) is 47.6 Å². The minimum atomic E-state index is -0.0328. The van der Waals surface area contributed by atoms with E-state index in [1.54, 1.807) is 0 Å². The molecule has 0 spiro atoms. The summed E-state index contributed by atoms with van der Waals surface area (Å²) in [6, 6.07) is 5.85. The number of rotatable bonds is 9. The normalized spacial score (nSPS) is 12.1. The first-order valence-corrected chi connectivity index (χ1v) is 9.10. The molecule has 5 heteroatoms. The maximum absolute atomic E-state index is 11.9. The fourth-order valence-corrected chi connectivity index (χ4v) is 2.59. The first-order chi connectivity index (χ1) is 10.5. The molecule has 4 nitrogen and oxygen atoms in total. The third-order valence-corrected chi connectivity index (χ3v) is 3.74. The summed E-state index contributed by atoms with van der Waals surface area (Å²) in [6.45, 7) is 9.26. The van der Waals surface area contributed by atoms with Crippen molar-refractivity contribution in [3.63, 3.8) is 0 Å². The molecule has 22 heavy (non-hydrogen) atoms. The third kappa shape index (κ3) is 5.44. The number of nitrogens with one attached hydrogen (secondary N) is 1. The van der Waals surface area contributed by atoms with Gasteiger partial charge in [-0.25, -0.2) is 0 Å². The SMILES string of the molecule is CCOc1ccc(C(NC(=O)CSC)C(C)C)cc1OCC. The molecule has 0 heterocycles. The van der Waals surface area contributed by atoms with Crippen LogP contribution >= 0.6 is 11.8 Å². The van der Waals surface area contributed by atoms with E-state index < -0.39 is 0 Å². The van der Waals surface area contributed by atoms with E-state index in [0.717, 1.165) is 17.1 Å². The Kier molecular flexibility index (Phi) is 8.17. The average Bonchev–Trinajstić information content (AvgIpc) is 2.47. The highest BCUT2D eigenvalue weighted by Gasteiger charge is 2.20. The predicted molar refractivity (Wildman–Crippen MR) is 92.9 cm³/mol. The summed E-state index contributed by atoms with van der Waals surface area (Å²) in [4.78, 5) is 11.9. The van der Waals surface area contributed by atoms with Gasteiger partial charge in [0.2, 0.25) is 5.91 Å². The van der Waals surface area contributed by atoms with Crippen LogP contribution in [-0.4, -0.2) is 31.1 Å². The van der Waals surface area contributed by atoms with Crippen LogP contribution in [0.4, 0.5) is 0 Å². The zero-order valence-electron chi connectivity index (χ0n) is 14.1. The van der Waals surface area contributed by atoms with Crippen molar-refractivity contribution < 1.29 is 14.3 Å². The Morgan fingerprint density at radius 2 is 1.82 bits per heavy atom. The Balaban J connectivity index is 3.03. The van der Waals surface area contributed by atoms with E-state index in [-0.39, 0.29) is 11.9 Å². The minimum absolute atomic E-state index is 0.0328. The van der Waals surface area contributed by atoms with E-state index >= 15 is 0 Å². The monoisotopic (exact) mass is 325 g/mol. The molecule has 1 unspecified atom stereocenters. The Morgan fingerprint density at radius 3 is 2.36 bits per heavy atom. The number of amides is 1. The number of thioether (sulfide) groups is 1. The summed E-state index contributed by atoms with van der Waals surface area (Å²) in [5, 5.41) is 3.10. The molecule has 0 aliphatic carbocycles. The molecule has 0 aromatic heterocycles. The molecule has 1 aromatic rings. The second kappa shape index (κ2) is 9.62. The standard InChI is InChI=1S/C17H27NO3S/c1-6-20-14-9-8-13(10-15(14)21-7-2)17(12(3)4)18-16(19)11-22-5/h8-10,12,17H,6-7,11H2,1-5H3,(H,18,19). The summed E-state index contributed by atoms with van der Waals surface area (Å²) in [7, 11) is 0. The predicted octanol–water partition coefficient (Wildman–Crippen LogP) is 3.66. The minimum Gasteiger partial charge on any atom is -0.490 e. The highest BCUT2D eigenvalue weighted by Crippen LogP contribution is 2.32. The molecule has 1 N–H and O–H groups in total. The quantitative estimate of drug-likeness (QED) is 0.753. The molecular weight excluding hydrogens is 298 g/mol. The second-order valence-corrected chi connectivity index (χ2v) is 6.16. The molecular formula is C17H27NO3S. The molecule has 0 saturated heterocycles. The van der Waals surface area contributed by atoms with E-state index in [1.807, 2.05) is 38.3 Å². The van der Waals surface area contributed by atoms with Crippen molar-refractivity contribution in [2.75, 3.05) is 25.2 Å². The number of benzene rings is 1. The highest BCUT2D eigenvalue weighted by molar-refractivity contribution is 7.99. The molecule has 1 amide bonds. The van der Waals surface area contributed by atoms with Crippen molar-refractivity contribution in [3.05, 3.63) is 23.8 Å². The van der Waals surface area contributed by atoms with Gasteiger partial charge in [-0.15, -0.1) is 0 Å². The van der Waals surface area contributed by atoms with Gasteiger partial charge >= 0.3 is 0 Å². The average molecular weight is 325 g/mol. The van der Waals surface area contributed by atoms with Crippen LogP contribution in [0, 0.1) is 5.92 Å². The maximum Gasteiger partial charge on any atom is 0.230 e. The van der Waals surface area contributed by atoms with Crippen LogP contribution in [0.25, 0.3) is 0 Å². The molecule has 0 saturated carbocycles. The number of carbonyl (C=O) groups excluding carboxylic acids is 1. The van der Waals surface area contributed by atoms with Gasteiger partial charge in [-0.1, -0.05) is 19.9 Å². The van der Waals surface area contributed by atoms with Gasteiger partial charge in [0.1, 0.15) is 0 Å². The van der Waals surface area contributed by atoms with Crippen molar-refractivity contribution in [3.8, 4) is 11.5 Å². The molecule has 0 bridgehead atoms. The Hall–Kier alpha value is -1.36. The summed E-state index contributed by atoms with van der Waals surface area (Å²) in [5.41, 5.74) is 1.04. The molecule has 0 fully saturated rings. The second-order valence-electron chi connectivity index (χ2n) is 5.29. The molecule has 0 radical (unpaired) electrons.